The average Bonchev–Trinajstić information content (AvgIpc) is 2.70. The molecule has 0 unspecified atom stereocenters. The summed E-state index contributed by atoms with van der Waals surface area (Å²) in [5.74, 6) is 0.871. The largest absolute Gasteiger partial charge is 0.352 e. The number of rotatable bonds is 5. The van der Waals surface area contributed by atoms with E-state index < -0.39 is 0 Å². The van der Waals surface area contributed by atoms with E-state index in [0.29, 0.717) is 6.54 Å². The lowest BCUT2D eigenvalue weighted by molar-refractivity contribution is 0.792. The van der Waals surface area contributed by atoms with Gasteiger partial charge in [0.2, 0.25) is 5.95 Å². The summed E-state index contributed by atoms with van der Waals surface area (Å²) >= 11 is 0. The summed E-state index contributed by atoms with van der Waals surface area (Å²) in [6.07, 6.45) is 7.58. The Morgan fingerprint density at radius 2 is 2.28 bits per heavy atom. The van der Waals surface area contributed by atoms with Crippen LogP contribution < -0.4 is 5.32 Å². The Balaban J connectivity index is 2.23. The van der Waals surface area contributed by atoms with Crippen LogP contribution >= 0.6 is 0 Å². The number of nitrogens with one attached hydrogen (secondary N) is 1. The monoisotopic (exact) mass is 242 g/mol. The SMILES string of the molecule is C=CCNc1nc(C)cn1Cc1cnccc1C. The standard InChI is InChI=1S/C14H18N4/c1-4-6-16-14-17-12(3)9-18(14)10-13-8-15-7-5-11(13)2/h4-5,7-9H,1,6,10H2,2-3H3,(H,16,17). The van der Waals surface area contributed by atoms with Gasteiger partial charge in [0.25, 0.3) is 0 Å². The van der Waals surface area contributed by atoms with Crippen molar-refractivity contribution in [1.82, 2.24) is 14.5 Å². The molecule has 0 amide bonds. The molecule has 0 fully saturated rings. The predicted molar refractivity (Wildman–Crippen MR) is 73.7 cm³/mol. The van der Waals surface area contributed by atoms with Gasteiger partial charge in [-0.1, -0.05) is 6.08 Å². The maximum absolute atomic E-state index is 4.46. The second-order valence-electron chi connectivity index (χ2n) is 4.31. The minimum atomic E-state index is 0.711. The van der Waals surface area contributed by atoms with E-state index in [0.717, 1.165) is 18.2 Å². The molecule has 4 nitrogen and oxygen atoms in total. The number of imidazole rings is 1. The van der Waals surface area contributed by atoms with Crippen LogP contribution in [0.25, 0.3) is 0 Å². The zero-order valence-corrected chi connectivity index (χ0v) is 10.8. The van der Waals surface area contributed by atoms with Gasteiger partial charge in [-0.25, -0.2) is 4.98 Å². The molecule has 4 heteroatoms. The molecule has 0 bridgehead atoms. The molecular formula is C14H18N4. The van der Waals surface area contributed by atoms with Crippen LogP contribution in [0.5, 0.6) is 0 Å². The van der Waals surface area contributed by atoms with Crippen LogP contribution in [0, 0.1) is 13.8 Å². The second kappa shape index (κ2) is 5.49. The quantitative estimate of drug-likeness (QED) is 0.819. The van der Waals surface area contributed by atoms with Crippen LogP contribution in [0.3, 0.4) is 0 Å². The van der Waals surface area contributed by atoms with Gasteiger partial charge in [0, 0.05) is 25.1 Å². The molecule has 2 aromatic heterocycles. The average molecular weight is 242 g/mol. The minimum Gasteiger partial charge on any atom is -0.352 e. The molecule has 0 aliphatic heterocycles. The lowest BCUT2D eigenvalue weighted by Crippen LogP contribution is -2.08. The van der Waals surface area contributed by atoms with Gasteiger partial charge in [-0.15, -0.1) is 6.58 Å². The highest BCUT2D eigenvalue weighted by molar-refractivity contribution is 5.32. The number of hydrogen-bond donors (Lipinski definition) is 1. The van der Waals surface area contributed by atoms with Crippen LogP contribution in [0.15, 0.2) is 37.3 Å². The summed E-state index contributed by atoms with van der Waals surface area (Å²) in [7, 11) is 0. The maximum atomic E-state index is 4.46. The fraction of sp³-hybridized carbons (Fsp3) is 0.286. The fourth-order valence-electron chi connectivity index (χ4n) is 1.82. The predicted octanol–water partition coefficient (Wildman–Crippen LogP) is 2.54. The van der Waals surface area contributed by atoms with Gasteiger partial charge < -0.3 is 9.88 Å². The van der Waals surface area contributed by atoms with E-state index in [2.05, 4.69) is 33.4 Å². The smallest absolute Gasteiger partial charge is 0.203 e. The van der Waals surface area contributed by atoms with E-state index in [-0.39, 0.29) is 0 Å². The summed E-state index contributed by atoms with van der Waals surface area (Å²) in [5.41, 5.74) is 3.45. The van der Waals surface area contributed by atoms with Gasteiger partial charge in [-0.05, 0) is 31.0 Å². The van der Waals surface area contributed by atoms with Crippen molar-refractivity contribution in [1.29, 1.82) is 0 Å². The molecule has 2 rings (SSSR count). The highest BCUT2D eigenvalue weighted by atomic mass is 15.2. The minimum absolute atomic E-state index is 0.711. The van der Waals surface area contributed by atoms with Gasteiger partial charge >= 0.3 is 0 Å². The summed E-state index contributed by atoms with van der Waals surface area (Å²) in [6, 6.07) is 2.02. The van der Waals surface area contributed by atoms with Crippen molar-refractivity contribution in [2.24, 2.45) is 0 Å². The van der Waals surface area contributed by atoms with Crippen molar-refractivity contribution < 1.29 is 0 Å². The van der Waals surface area contributed by atoms with Crippen LogP contribution in [-0.2, 0) is 6.54 Å². The van der Waals surface area contributed by atoms with Crippen LogP contribution in [0.1, 0.15) is 16.8 Å². The van der Waals surface area contributed by atoms with Gasteiger partial charge in [0.1, 0.15) is 0 Å². The van der Waals surface area contributed by atoms with Crippen molar-refractivity contribution >= 4 is 5.95 Å². The molecule has 0 atom stereocenters. The molecule has 0 radical (unpaired) electrons. The van der Waals surface area contributed by atoms with Gasteiger partial charge in [0.05, 0.1) is 12.2 Å². The molecule has 0 aliphatic rings. The molecule has 0 spiro atoms. The third-order valence-corrected chi connectivity index (χ3v) is 2.79. The number of pyridine rings is 1. The highest BCUT2D eigenvalue weighted by Gasteiger charge is 2.06. The zero-order chi connectivity index (χ0) is 13.0. The Hall–Kier alpha value is -2.10. The Kier molecular flexibility index (Phi) is 3.77. The van der Waals surface area contributed by atoms with E-state index in [1.807, 2.05) is 37.7 Å². The molecule has 2 aromatic rings. The van der Waals surface area contributed by atoms with Gasteiger partial charge in [-0.3, -0.25) is 4.98 Å². The number of nitrogens with zero attached hydrogens (tertiary/aromatic N) is 3. The van der Waals surface area contributed by atoms with Gasteiger partial charge in [0.15, 0.2) is 0 Å². The summed E-state index contributed by atoms with van der Waals surface area (Å²) in [5, 5.41) is 3.24. The number of hydrogen-bond acceptors (Lipinski definition) is 3. The Labute approximate surface area is 107 Å². The van der Waals surface area contributed by atoms with Crippen molar-refractivity contribution in [2.75, 3.05) is 11.9 Å². The first-order valence-electron chi connectivity index (χ1n) is 5.98. The Morgan fingerprint density at radius 1 is 1.44 bits per heavy atom. The summed E-state index contributed by atoms with van der Waals surface area (Å²) in [6.45, 7) is 9.28. The third kappa shape index (κ3) is 2.77. The molecule has 0 aromatic carbocycles. The van der Waals surface area contributed by atoms with Crippen LogP contribution in [-0.4, -0.2) is 21.1 Å². The summed E-state index contributed by atoms with van der Waals surface area (Å²) in [4.78, 5) is 8.63. The Bertz CT molecular complexity index is 542. The highest BCUT2D eigenvalue weighted by Crippen LogP contribution is 2.13. The second-order valence-corrected chi connectivity index (χ2v) is 4.31. The van der Waals surface area contributed by atoms with E-state index in [1.165, 1.54) is 11.1 Å². The van der Waals surface area contributed by atoms with Crippen LogP contribution in [0.2, 0.25) is 0 Å². The molecule has 94 valence electrons. The number of aryl methyl sites for hydroxylation is 2. The van der Waals surface area contributed by atoms with E-state index in [9.17, 15) is 0 Å². The molecular weight excluding hydrogens is 224 g/mol. The molecule has 1 N–H and O–H groups in total. The fourth-order valence-corrected chi connectivity index (χ4v) is 1.82. The lowest BCUT2D eigenvalue weighted by atomic mass is 10.1. The van der Waals surface area contributed by atoms with E-state index >= 15 is 0 Å². The first-order valence-corrected chi connectivity index (χ1v) is 5.98. The van der Waals surface area contributed by atoms with E-state index in [1.54, 1.807) is 0 Å². The number of aromatic nitrogens is 3. The maximum Gasteiger partial charge on any atom is 0.203 e. The molecule has 0 saturated carbocycles. The van der Waals surface area contributed by atoms with Crippen LogP contribution in [0.4, 0.5) is 5.95 Å². The van der Waals surface area contributed by atoms with Gasteiger partial charge in [-0.2, -0.15) is 0 Å². The lowest BCUT2D eigenvalue weighted by Gasteiger charge is -2.10. The van der Waals surface area contributed by atoms with Crippen molar-refractivity contribution in [3.63, 3.8) is 0 Å². The zero-order valence-electron chi connectivity index (χ0n) is 10.8. The van der Waals surface area contributed by atoms with Crippen molar-refractivity contribution in [2.45, 2.75) is 20.4 Å². The molecule has 18 heavy (non-hydrogen) atoms. The first kappa shape index (κ1) is 12.4. The molecule has 0 saturated heterocycles. The van der Waals surface area contributed by atoms with E-state index in [4.69, 9.17) is 0 Å². The summed E-state index contributed by atoms with van der Waals surface area (Å²) < 4.78 is 2.10. The molecule has 2 heterocycles. The molecule has 0 aliphatic carbocycles. The topological polar surface area (TPSA) is 42.7 Å². The van der Waals surface area contributed by atoms with Crippen molar-refractivity contribution in [3.05, 3.63) is 54.1 Å². The number of anilines is 1. The third-order valence-electron chi connectivity index (χ3n) is 2.79. The van der Waals surface area contributed by atoms with Crippen molar-refractivity contribution in [3.8, 4) is 0 Å². The Morgan fingerprint density at radius 3 is 3.00 bits per heavy atom. The normalized spacial score (nSPS) is 10.3. The first-order chi connectivity index (χ1) is 8.70.